The Morgan fingerprint density at radius 2 is 1.76 bits per heavy atom. The highest BCUT2D eigenvalue weighted by molar-refractivity contribution is 5.84. The van der Waals surface area contributed by atoms with E-state index in [4.69, 9.17) is 10.00 Å². The van der Waals surface area contributed by atoms with Gasteiger partial charge >= 0.3 is 6.09 Å². The van der Waals surface area contributed by atoms with Crippen molar-refractivity contribution in [3.63, 3.8) is 0 Å². The van der Waals surface area contributed by atoms with Crippen molar-refractivity contribution >= 4 is 17.7 Å². The van der Waals surface area contributed by atoms with Gasteiger partial charge in [-0.05, 0) is 48.1 Å². The van der Waals surface area contributed by atoms with Crippen molar-refractivity contribution in [3.05, 3.63) is 54.1 Å². The van der Waals surface area contributed by atoms with Gasteiger partial charge in [0.05, 0.1) is 18.6 Å². The fourth-order valence-electron chi connectivity index (χ4n) is 4.28. The van der Waals surface area contributed by atoms with E-state index in [1.807, 2.05) is 25.1 Å². The van der Waals surface area contributed by atoms with Crippen LogP contribution in [0.5, 0.6) is 0 Å². The predicted octanol–water partition coefficient (Wildman–Crippen LogP) is 4.40. The molecule has 0 spiro atoms. The van der Waals surface area contributed by atoms with Gasteiger partial charge in [-0.2, -0.15) is 5.26 Å². The van der Waals surface area contributed by atoms with Crippen molar-refractivity contribution in [3.8, 4) is 17.2 Å². The number of anilines is 1. The molecule has 34 heavy (non-hydrogen) atoms. The number of nitrogens with zero attached hydrogens (tertiary/aromatic N) is 3. The second-order valence-electron chi connectivity index (χ2n) is 8.90. The van der Waals surface area contributed by atoms with E-state index in [1.165, 1.54) is 0 Å². The summed E-state index contributed by atoms with van der Waals surface area (Å²) in [6.07, 6.45) is 0.478. The Morgan fingerprint density at radius 3 is 2.38 bits per heavy atom. The van der Waals surface area contributed by atoms with Crippen LogP contribution in [-0.4, -0.2) is 56.2 Å². The second-order valence-corrected chi connectivity index (χ2v) is 8.90. The van der Waals surface area contributed by atoms with Crippen LogP contribution >= 0.6 is 0 Å². The number of nitrogens with one attached hydrogen (secondary N) is 1. The molecule has 1 heterocycles. The first-order chi connectivity index (χ1) is 16.4. The third kappa shape index (κ3) is 6.50. The fourth-order valence-corrected chi connectivity index (χ4v) is 4.28. The number of nitriles is 1. The molecule has 1 atom stereocenters. The number of carbonyl (C=O) groups is 2. The quantitative estimate of drug-likeness (QED) is 0.588. The van der Waals surface area contributed by atoms with E-state index in [9.17, 15) is 9.59 Å². The lowest BCUT2D eigenvalue weighted by Gasteiger charge is -2.35. The molecule has 0 saturated carbocycles. The third-order valence-electron chi connectivity index (χ3n) is 6.03. The average Bonchev–Trinajstić information content (AvgIpc) is 2.86. The molecule has 2 aromatic carbocycles. The predicted molar refractivity (Wildman–Crippen MR) is 134 cm³/mol. The highest BCUT2D eigenvalue weighted by Crippen LogP contribution is 2.30. The van der Waals surface area contributed by atoms with Crippen LogP contribution in [0.25, 0.3) is 11.1 Å². The number of hydrogen-bond donors (Lipinski definition) is 1. The van der Waals surface area contributed by atoms with Gasteiger partial charge in [-0.25, -0.2) is 4.79 Å². The molecule has 2 aromatic rings. The molecule has 2 amide bonds. The summed E-state index contributed by atoms with van der Waals surface area (Å²) in [6.45, 7) is 9.25. The van der Waals surface area contributed by atoms with E-state index in [0.717, 1.165) is 41.9 Å². The first-order valence-corrected chi connectivity index (χ1v) is 11.9. The monoisotopic (exact) mass is 462 g/mol. The van der Waals surface area contributed by atoms with E-state index >= 15 is 0 Å². The Kier molecular flexibility index (Phi) is 8.92. The normalized spacial score (nSPS) is 14.4. The summed E-state index contributed by atoms with van der Waals surface area (Å²) in [4.78, 5) is 28.6. The number of piperazine rings is 1. The van der Waals surface area contributed by atoms with Crippen LogP contribution in [0.2, 0.25) is 0 Å². The summed E-state index contributed by atoms with van der Waals surface area (Å²) >= 11 is 0. The topological polar surface area (TPSA) is 85.7 Å². The molecular formula is C27H34N4O3. The van der Waals surface area contributed by atoms with Gasteiger partial charge in [0.1, 0.15) is 6.54 Å². The molecule has 1 aliphatic heterocycles. The maximum Gasteiger partial charge on any atom is 0.409 e. The molecular weight excluding hydrogens is 428 g/mol. The summed E-state index contributed by atoms with van der Waals surface area (Å²) in [5.74, 6) is -0.0435. The summed E-state index contributed by atoms with van der Waals surface area (Å²) < 4.78 is 5.10. The fraction of sp³-hybridized carbons (Fsp3) is 0.444. The standard InChI is InChI=1S/C27H34N4O3/c1-4-34-27(33)31-16-14-30(15-17-31)24-10-8-21(9-11-24)22-6-5-7-23(19-22)25(18-20(2)3)26(32)29-13-12-28/h5-11,19-20,25H,4,13-18H2,1-3H3,(H,29,32). The summed E-state index contributed by atoms with van der Waals surface area (Å²) in [7, 11) is 0. The van der Waals surface area contributed by atoms with Crippen LogP contribution in [0.15, 0.2) is 48.5 Å². The number of ether oxygens (including phenoxy) is 1. The molecule has 0 aromatic heterocycles. The van der Waals surface area contributed by atoms with Crippen LogP contribution in [0, 0.1) is 17.2 Å². The van der Waals surface area contributed by atoms with Crippen molar-refractivity contribution in [2.75, 3.05) is 44.2 Å². The highest BCUT2D eigenvalue weighted by Gasteiger charge is 2.23. The smallest absolute Gasteiger partial charge is 0.409 e. The molecule has 0 aliphatic carbocycles. The Balaban J connectivity index is 1.71. The lowest BCUT2D eigenvalue weighted by Crippen LogP contribution is -2.49. The molecule has 1 unspecified atom stereocenters. The summed E-state index contributed by atoms with van der Waals surface area (Å²) in [6, 6.07) is 18.5. The van der Waals surface area contributed by atoms with Gasteiger partial charge in [-0.3, -0.25) is 4.79 Å². The number of hydrogen-bond acceptors (Lipinski definition) is 5. The zero-order chi connectivity index (χ0) is 24.5. The van der Waals surface area contributed by atoms with Crippen molar-refractivity contribution in [1.29, 1.82) is 5.26 Å². The molecule has 0 bridgehead atoms. The largest absolute Gasteiger partial charge is 0.450 e. The Bertz CT molecular complexity index is 1010. The number of benzene rings is 2. The van der Waals surface area contributed by atoms with E-state index < -0.39 is 0 Å². The van der Waals surface area contributed by atoms with Crippen LogP contribution in [-0.2, 0) is 9.53 Å². The minimum absolute atomic E-state index is 0.0165. The summed E-state index contributed by atoms with van der Waals surface area (Å²) in [5, 5.41) is 11.5. The van der Waals surface area contributed by atoms with Crippen LogP contribution < -0.4 is 10.2 Å². The van der Waals surface area contributed by atoms with Crippen LogP contribution in [0.3, 0.4) is 0 Å². The van der Waals surface area contributed by atoms with Crippen molar-refractivity contribution in [2.45, 2.75) is 33.1 Å². The van der Waals surface area contributed by atoms with E-state index in [1.54, 1.807) is 4.90 Å². The zero-order valence-electron chi connectivity index (χ0n) is 20.3. The van der Waals surface area contributed by atoms with E-state index in [-0.39, 0.29) is 24.5 Å². The van der Waals surface area contributed by atoms with Gasteiger partial charge < -0.3 is 19.9 Å². The van der Waals surface area contributed by atoms with Gasteiger partial charge in [-0.15, -0.1) is 0 Å². The molecule has 1 aliphatic rings. The van der Waals surface area contributed by atoms with Crippen molar-refractivity contribution < 1.29 is 14.3 Å². The Labute approximate surface area is 202 Å². The summed E-state index contributed by atoms with van der Waals surface area (Å²) in [5.41, 5.74) is 4.22. The highest BCUT2D eigenvalue weighted by atomic mass is 16.6. The second kappa shape index (κ2) is 12.1. The average molecular weight is 463 g/mol. The van der Waals surface area contributed by atoms with Gasteiger partial charge in [-0.1, -0.05) is 50.2 Å². The van der Waals surface area contributed by atoms with Gasteiger partial charge in [0, 0.05) is 31.9 Å². The molecule has 1 N–H and O–H groups in total. The maximum absolute atomic E-state index is 12.7. The molecule has 0 radical (unpaired) electrons. The van der Waals surface area contributed by atoms with Crippen LogP contribution in [0.1, 0.15) is 38.7 Å². The SMILES string of the molecule is CCOC(=O)N1CCN(c2ccc(-c3cccc(C(CC(C)C)C(=O)NCC#N)c3)cc2)CC1. The van der Waals surface area contributed by atoms with Crippen molar-refractivity contribution in [1.82, 2.24) is 10.2 Å². The lowest BCUT2D eigenvalue weighted by molar-refractivity contribution is -0.122. The molecule has 1 saturated heterocycles. The van der Waals surface area contributed by atoms with Gasteiger partial charge in [0.2, 0.25) is 5.91 Å². The molecule has 7 heteroatoms. The van der Waals surface area contributed by atoms with Gasteiger partial charge in [0.25, 0.3) is 0 Å². The Morgan fingerprint density at radius 1 is 1.06 bits per heavy atom. The van der Waals surface area contributed by atoms with Crippen LogP contribution in [0.4, 0.5) is 10.5 Å². The molecule has 1 fully saturated rings. The third-order valence-corrected chi connectivity index (χ3v) is 6.03. The number of amides is 2. The minimum Gasteiger partial charge on any atom is -0.450 e. The zero-order valence-corrected chi connectivity index (χ0v) is 20.3. The number of rotatable bonds is 8. The molecule has 7 nitrogen and oxygen atoms in total. The Hall–Kier alpha value is -3.53. The molecule has 3 rings (SSSR count). The maximum atomic E-state index is 12.7. The van der Waals surface area contributed by atoms with Crippen molar-refractivity contribution in [2.24, 2.45) is 5.92 Å². The molecule has 180 valence electrons. The first kappa shape index (κ1) is 25.1. The van der Waals surface area contributed by atoms with E-state index in [2.05, 4.69) is 60.5 Å². The first-order valence-electron chi connectivity index (χ1n) is 11.9. The van der Waals surface area contributed by atoms with E-state index in [0.29, 0.717) is 25.6 Å². The number of carbonyl (C=O) groups excluding carboxylic acids is 2. The lowest BCUT2D eigenvalue weighted by atomic mass is 9.88. The van der Waals surface area contributed by atoms with Gasteiger partial charge in [0.15, 0.2) is 0 Å². The minimum atomic E-state index is -0.289.